The molecule has 0 N–H and O–H groups in total. The van der Waals surface area contributed by atoms with Crippen LogP contribution in [0.1, 0.15) is 45.2 Å². The second kappa shape index (κ2) is 11.1. The molecule has 1 nitrogen and oxygen atoms in total. The maximum absolute atomic E-state index is 5.18. The monoisotopic (exact) mass is 210 g/mol. The number of methoxy groups -OCH3 is 1. The normalized spacial score (nSPS) is 7.93. The van der Waals surface area contributed by atoms with E-state index in [0.29, 0.717) is 0 Å². The fraction of sp³-hybridized carbons (Fsp3) is 0.571. The van der Waals surface area contributed by atoms with Crippen molar-refractivity contribution < 1.29 is 4.74 Å². The Hall–Kier alpha value is -0.980. The largest absolute Gasteiger partial charge is 0.496 e. The van der Waals surface area contributed by atoms with Gasteiger partial charge in [-0.1, -0.05) is 52.3 Å². The van der Waals surface area contributed by atoms with Gasteiger partial charge in [0.1, 0.15) is 5.75 Å². The Morgan fingerprint density at radius 2 is 1.33 bits per heavy atom. The van der Waals surface area contributed by atoms with Crippen molar-refractivity contribution >= 4 is 0 Å². The van der Waals surface area contributed by atoms with Gasteiger partial charge in [0.2, 0.25) is 0 Å². The summed E-state index contributed by atoms with van der Waals surface area (Å²) in [5, 5.41) is 0. The minimum Gasteiger partial charge on any atom is -0.496 e. The highest BCUT2D eigenvalue weighted by Crippen LogP contribution is 2.20. The zero-order valence-corrected chi connectivity index (χ0v) is 11.3. The lowest BCUT2D eigenvalue weighted by molar-refractivity contribution is 0.408. The molecule has 0 spiro atoms. The van der Waals surface area contributed by atoms with E-state index >= 15 is 0 Å². The van der Waals surface area contributed by atoms with E-state index in [0.717, 1.165) is 5.75 Å². The highest BCUT2D eigenvalue weighted by atomic mass is 16.5. The molecule has 0 fully saturated rings. The Morgan fingerprint density at radius 1 is 1.00 bits per heavy atom. The summed E-state index contributed by atoms with van der Waals surface area (Å²) in [7, 11) is 1.70. The van der Waals surface area contributed by atoms with Crippen molar-refractivity contribution in [2.45, 2.75) is 48.0 Å². The first-order valence-corrected chi connectivity index (χ1v) is 5.77. The van der Waals surface area contributed by atoms with Crippen LogP contribution in [-0.4, -0.2) is 7.11 Å². The molecular weight excluding hydrogens is 184 g/mol. The molecule has 0 unspecified atom stereocenters. The molecule has 0 aromatic heterocycles. The number of aryl methyl sites for hydroxylation is 2. The van der Waals surface area contributed by atoms with Gasteiger partial charge in [0.15, 0.2) is 0 Å². The summed E-state index contributed by atoms with van der Waals surface area (Å²) in [6, 6.07) is 6.13. The van der Waals surface area contributed by atoms with Crippen molar-refractivity contribution in [3.8, 4) is 5.75 Å². The van der Waals surface area contributed by atoms with Gasteiger partial charge in [-0.3, -0.25) is 0 Å². The van der Waals surface area contributed by atoms with Crippen LogP contribution in [0.2, 0.25) is 0 Å². The number of hydrogen-bond acceptors (Lipinski definition) is 1. The van der Waals surface area contributed by atoms with Crippen molar-refractivity contribution in [1.29, 1.82) is 0 Å². The Bertz CT molecular complexity index is 221. The zero-order chi connectivity index (χ0) is 12.3. The zero-order valence-electron chi connectivity index (χ0n) is 11.3. The summed E-state index contributed by atoms with van der Waals surface area (Å²) in [5.74, 6) is 1.00. The van der Waals surface area contributed by atoms with Crippen LogP contribution in [0.25, 0.3) is 0 Å². The number of benzene rings is 1. The molecule has 0 atom stereocenters. The third kappa shape index (κ3) is 7.01. The highest BCUT2D eigenvalue weighted by Gasteiger charge is 1.98. The third-order valence-electron chi connectivity index (χ3n) is 1.61. The molecule has 0 heterocycles. The van der Waals surface area contributed by atoms with E-state index in [4.69, 9.17) is 4.74 Å². The van der Waals surface area contributed by atoms with Crippen LogP contribution in [-0.2, 0) is 0 Å². The molecule has 0 aliphatic carbocycles. The van der Waals surface area contributed by atoms with Crippen molar-refractivity contribution in [3.05, 3.63) is 29.3 Å². The third-order valence-corrected chi connectivity index (χ3v) is 1.61. The molecule has 0 amide bonds. The summed E-state index contributed by atoms with van der Waals surface area (Å²) in [4.78, 5) is 0. The lowest BCUT2D eigenvalue weighted by Gasteiger charge is -2.06. The summed E-state index contributed by atoms with van der Waals surface area (Å²) >= 11 is 0. The van der Waals surface area contributed by atoms with Gasteiger partial charge in [0.25, 0.3) is 0 Å². The molecule has 1 heteroatoms. The van der Waals surface area contributed by atoms with Gasteiger partial charge in [-0.05, 0) is 25.0 Å². The molecule has 0 bridgehead atoms. The Morgan fingerprint density at radius 3 is 1.53 bits per heavy atom. The Balaban J connectivity index is 0. The minimum atomic E-state index is 1.00. The maximum Gasteiger partial charge on any atom is 0.124 e. The number of ether oxygens (including phenoxy) is 1. The smallest absolute Gasteiger partial charge is 0.124 e. The summed E-state index contributed by atoms with van der Waals surface area (Å²) in [5.41, 5.74) is 2.39. The Kier molecular flexibility index (Phi) is 12.2. The van der Waals surface area contributed by atoms with Gasteiger partial charge in [0.05, 0.1) is 7.11 Å². The summed E-state index contributed by atoms with van der Waals surface area (Å²) in [6.45, 7) is 12.3. The minimum absolute atomic E-state index is 1.00. The standard InChI is InChI=1S/C9H12O.C3H8.C2H6/c1-7-5-4-6-8(2)9(7)10-3;1-3-2;1-2/h4-6H,1-3H3;3H2,1-2H3;1-2H3. The molecule has 1 aromatic rings. The van der Waals surface area contributed by atoms with Crippen LogP contribution >= 0.6 is 0 Å². The van der Waals surface area contributed by atoms with Crippen LogP contribution < -0.4 is 4.74 Å². The predicted molar refractivity (Wildman–Crippen MR) is 69.8 cm³/mol. The quantitative estimate of drug-likeness (QED) is 0.649. The second-order valence-electron chi connectivity index (χ2n) is 3.13. The van der Waals surface area contributed by atoms with E-state index in [-0.39, 0.29) is 0 Å². The molecule has 88 valence electrons. The van der Waals surface area contributed by atoms with Crippen molar-refractivity contribution in [3.63, 3.8) is 0 Å². The van der Waals surface area contributed by atoms with Gasteiger partial charge in [-0.2, -0.15) is 0 Å². The summed E-state index contributed by atoms with van der Waals surface area (Å²) < 4.78 is 5.18. The summed E-state index contributed by atoms with van der Waals surface area (Å²) in [6.07, 6.45) is 1.25. The molecule has 0 aliphatic rings. The van der Waals surface area contributed by atoms with Gasteiger partial charge in [-0.25, -0.2) is 0 Å². The molecule has 0 radical (unpaired) electrons. The molecule has 0 saturated carbocycles. The molecule has 0 aliphatic heterocycles. The van der Waals surface area contributed by atoms with Crippen LogP contribution in [0.3, 0.4) is 0 Å². The number of rotatable bonds is 1. The van der Waals surface area contributed by atoms with E-state index in [9.17, 15) is 0 Å². The Labute approximate surface area is 95.5 Å². The van der Waals surface area contributed by atoms with E-state index in [1.807, 2.05) is 45.9 Å². The number of hydrogen-bond donors (Lipinski definition) is 0. The van der Waals surface area contributed by atoms with Gasteiger partial charge in [-0.15, -0.1) is 0 Å². The molecular formula is C14H26O. The lowest BCUT2D eigenvalue weighted by atomic mass is 10.1. The topological polar surface area (TPSA) is 9.23 Å². The second-order valence-corrected chi connectivity index (χ2v) is 3.13. The molecule has 1 rings (SSSR count). The predicted octanol–water partition coefficient (Wildman–Crippen LogP) is 4.75. The average molecular weight is 210 g/mol. The molecule has 1 aromatic carbocycles. The molecule has 15 heavy (non-hydrogen) atoms. The van der Waals surface area contributed by atoms with Crippen molar-refractivity contribution in [1.82, 2.24) is 0 Å². The first kappa shape index (κ1) is 16.4. The fourth-order valence-corrected chi connectivity index (χ4v) is 1.12. The van der Waals surface area contributed by atoms with E-state index in [1.54, 1.807) is 7.11 Å². The van der Waals surface area contributed by atoms with Gasteiger partial charge in [0, 0.05) is 0 Å². The first-order valence-electron chi connectivity index (χ1n) is 5.77. The highest BCUT2D eigenvalue weighted by molar-refractivity contribution is 5.39. The lowest BCUT2D eigenvalue weighted by Crippen LogP contribution is -1.89. The van der Waals surface area contributed by atoms with E-state index < -0.39 is 0 Å². The van der Waals surface area contributed by atoms with Crippen molar-refractivity contribution in [2.24, 2.45) is 0 Å². The van der Waals surface area contributed by atoms with Crippen LogP contribution in [0.4, 0.5) is 0 Å². The van der Waals surface area contributed by atoms with Gasteiger partial charge >= 0.3 is 0 Å². The van der Waals surface area contributed by atoms with Crippen LogP contribution in [0, 0.1) is 13.8 Å². The number of para-hydroxylation sites is 1. The van der Waals surface area contributed by atoms with E-state index in [1.165, 1.54) is 17.5 Å². The van der Waals surface area contributed by atoms with Crippen LogP contribution in [0.5, 0.6) is 5.75 Å². The molecule has 0 saturated heterocycles. The first-order chi connectivity index (χ1) is 7.17. The van der Waals surface area contributed by atoms with Gasteiger partial charge < -0.3 is 4.74 Å². The maximum atomic E-state index is 5.18. The SMILES string of the molecule is CC.CCC.COc1c(C)cccc1C. The van der Waals surface area contributed by atoms with E-state index in [2.05, 4.69) is 13.8 Å². The average Bonchev–Trinajstić information content (AvgIpc) is 2.22. The fourth-order valence-electron chi connectivity index (χ4n) is 1.12. The van der Waals surface area contributed by atoms with Crippen molar-refractivity contribution in [2.75, 3.05) is 7.11 Å². The van der Waals surface area contributed by atoms with Crippen LogP contribution in [0.15, 0.2) is 18.2 Å².